The normalized spacial score (nSPS) is 14.0. The van der Waals surface area contributed by atoms with Crippen LogP contribution in [0.2, 0.25) is 0 Å². The van der Waals surface area contributed by atoms with Crippen molar-refractivity contribution in [2.75, 3.05) is 28.4 Å². The minimum absolute atomic E-state index is 0.0406. The van der Waals surface area contributed by atoms with Gasteiger partial charge < -0.3 is 33.6 Å². The van der Waals surface area contributed by atoms with E-state index < -0.39 is 11.9 Å². The number of methoxy groups -OCH3 is 4. The van der Waals surface area contributed by atoms with Crippen LogP contribution in [0, 0.1) is 0 Å². The Balaban J connectivity index is 1.87. The molecule has 0 radical (unpaired) electrons. The summed E-state index contributed by atoms with van der Waals surface area (Å²) in [6.45, 7) is 0.0863. The standard InChI is InChI=1S/C29H34N2O7/c1-34-22-13-8-5-10-19(22)18-31(29(33)23-14-9-15-38-23)26(28(32)30-21-11-6-7-12-21)20-16-24(35-2)27(37-4)25(17-20)36-3/h5,8-10,13-17,21,26H,6-7,11-12,18H2,1-4H3,(H,30,32)/t26-/m1/s1. The molecule has 9 heteroatoms. The van der Waals surface area contributed by atoms with E-state index >= 15 is 0 Å². The van der Waals surface area contributed by atoms with Gasteiger partial charge in [-0.3, -0.25) is 9.59 Å². The van der Waals surface area contributed by atoms with Crippen LogP contribution in [0.15, 0.2) is 59.2 Å². The summed E-state index contributed by atoms with van der Waals surface area (Å²) < 4.78 is 27.7. The Kier molecular flexibility index (Phi) is 8.78. The highest BCUT2D eigenvalue weighted by atomic mass is 16.5. The van der Waals surface area contributed by atoms with Gasteiger partial charge in [0.15, 0.2) is 17.3 Å². The summed E-state index contributed by atoms with van der Waals surface area (Å²) in [6, 6.07) is 13.0. The van der Waals surface area contributed by atoms with E-state index in [4.69, 9.17) is 23.4 Å². The van der Waals surface area contributed by atoms with Crippen molar-refractivity contribution in [2.45, 2.75) is 44.3 Å². The van der Waals surface area contributed by atoms with Gasteiger partial charge in [-0.15, -0.1) is 0 Å². The van der Waals surface area contributed by atoms with E-state index in [0.717, 1.165) is 31.2 Å². The maximum Gasteiger partial charge on any atom is 0.290 e. The first kappa shape index (κ1) is 26.9. The highest BCUT2D eigenvalue weighted by Gasteiger charge is 2.36. The summed E-state index contributed by atoms with van der Waals surface area (Å²) in [5.41, 5.74) is 1.24. The lowest BCUT2D eigenvalue weighted by Crippen LogP contribution is -2.45. The molecule has 0 saturated heterocycles. The van der Waals surface area contributed by atoms with Gasteiger partial charge in [0.25, 0.3) is 5.91 Å². The minimum atomic E-state index is -1.04. The Hall–Kier alpha value is -4.14. The van der Waals surface area contributed by atoms with Crippen molar-refractivity contribution in [3.63, 3.8) is 0 Å². The fourth-order valence-electron chi connectivity index (χ4n) is 4.92. The molecule has 1 saturated carbocycles. The van der Waals surface area contributed by atoms with Crippen molar-refractivity contribution in [3.8, 4) is 23.0 Å². The number of para-hydroxylation sites is 1. The first-order valence-electron chi connectivity index (χ1n) is 12.6. The SMILES string of the molecule is COc1ccccc1CN(C(=O)c1ccco1)[C@@H](C(=O)NC1CCCC1)c1cc(OC)c(OC)c(OC)c1. The van der Waals surface area contributed by atoms with Gasteiger partial charge in [0, 0.05) is 11.6 Å². The van der Waals surface area contributed by atoms with Crippen LogP contribution in [0.3, 0.4) is 0 Å². The Labute approximate surface area is 222 Å². The molecule has 0 bridgehead atoms. The Morgan fingerprint density at radius 3 is 2.16 bits per heavy atom. The number of benzene rings is 2. The van der Waals surface area contributed by atoms with Gasteiger partial charge in [-0.05, 0) is 48.7 Å². The van der Waals surface area contributed by atoms with E-state index in [0.29, 0.717) is 28.6 Å². The number of carbonyl (C=O) groups is 2. The topological polar surface area (TPSA) is 99.5 Å². The molecule has 9 nitrogen and oxygen atoms in total. The molecule has 202 valence electrons. The molecule has 1 aliphatic carbocycles. The lowest BCUT2D eigenvalue weighted by Gasteiger charge is -2.32. The largest absolute Gasteiger partial charge is 0.496 e. The number of ether oxygens (including phenoxy) is 4. The molecule has 3 aromatic rings. The molecule has 1 aliphatic rings. The summed E-state index contributed by atoms with van der Waals surface area (Å²) in [7, 11) is 6.10. The van der Waals surface area contributed by atoms with Crippen LogP contribution >= 0.6 is 0 Å². The Bertz CT molecular complexity index is 1210. The van der Waals surface area contributed by atoms with E-state index in [2.05, 4.69) is 5.32 Å². The molecule has 1 heterocycles. The maximum atomic E-state index is 14.0. The van der Waals surface area contributed by atoms with Crippen molar-refractivity contribution < 1.29 is 33.0 Å². The lowest BCUT2D eigenvalue weighted by atomic mass is 10.0. The van der Waals surface area contributed by atoms with E-state index in [1.807, 2.05) is 24.3 Å². The zero-order chi connectivity index (χ0) is 27.1. The molecule has 2 aromatic carbocycles. The third kappa shape index (κ3) is 5.72. The summed E-state index contributed by atoms with van der Waals surface area (Å²) in [5, 5.41) is 3.17. The summed E-state index contributed by atoms with van der Waals surface area (Å²) in [6.07, 6.45) is 5.33. The lowest BCUT2D eigenvalue weighted by molar-refractivity contribution is -0.126. The number of nitrogens with zero attached hydrogens (tertiary/aromatic N) is 1. The minimum Gasteiger partial charge on any atom is -0.496 e. The summed E-state index contributed by atoms with van der Waals surface area (Å²) >= 11 is 0. The molecule has 4 rings (SSSR count). The van der Waals surface area contributed by atoms with Crippen LogP contribution in [0.5, 0.6) is 23.0 Å². The molecule has 0 aliphatic heterocycles. The monoisotopic (exact) mass is 522 g/mol. The zero-order valence-electron chi connectivity index (χ0n) is 22.2. The second-order valence-corrected chi connectivity index (χ2v) is 9.07. The first-order chi connectivity index (χ1) is 18.5. The fraction of sp³-hybridized carbons (Fsp3) is 0.379. The predicted molar refractivity (Wildman–Crippen MR) is 141 cm³/mol. The number of carbonyl (C=O) groups excluding carboxylic acids is 2. The van der Waals surface area contributed by atoms with Gasteiger partial charge in [0.1, 0.15) is 11.8 Å². The van der Waals surface area contributed by atoms with Crippen LogP contribution in [-0.2, 0) is 11.3 Å². The van der Waals surface area contributed by atoms with Crippen LogP contribution < -0.4 is 24.3 Å². The average Bonchev–Trinajstić information content (AvgIpc) is 3.67. The third-order valence-electron chi connectivity index (χ3n) is 6.79. The molecule has 1 fully saturated rings. The predicted octanol–water partition coefficient (Wildman–Crippen LogP) is 4.76. The van der Waals surface area contributed by atoms with E-state index in [-0.39, 0.29) is 24.3 Å². The highest BCUT2D eigenvalue weighted by molar-refractivity contribution is 5.96. The molecule has 2 amide bonds. The van der Waals surface area contributed by atoms with Crippen LogP contribution in [0.1, 0.15) is 53.4 Å². The molecular weight excluding hydrogens is 488 g/mol. The molecule has 0 spiro atoms. The van der Waals surface area contributed by atoms with Crippen molar-refractivity contribution in [2.24, 2.45) is 0 Å². The van der Waals surface area contributed by atoms with E-state index in [9.17, 15) is 9.59 Å². The van der Waals surface area contributed by atoms with E-state index in [1.165, 1.54) is 32.5 Å². The first-order valence-corrected chi connectivity index (χ1v) is 12.6. The fourth-order valence-corrected chi connectivity index (χ4v) is 4.92. The van der Waals surface area contributed by atoms with E-state index in [1.54, 1.807) is 31.4 Å². The molecular formula is C29H34N2O7. The number of hydrogen-bond acceptors (Lipinski definition) is 7. The number of amides is 2. The van der Waals surface area contributed by atoms with Crippen molar-refractivity contribution in [1.29, 1.82) is 0 Å². The second-order valence-electron chi connectivity index (χ2n) is 9.07. The van der Waals surface area contributed by atoms with Gasteiger partial charge in [-0.25, -0.2) is 0 Å². The van der Waals surface area contributed by atoms with Gasteiger partial charge >= 0.3 is 0 Å². The van der Waals surface area contributed by atoms with Crippen LogP contribution in [0.25, 0.3) is 0 Å². The van der Waals surface area contributed by atoms with Crippen LogP contribution in [0.4, 0.5) is 0 Å². The summed E-state index contributed by atoms with van der Waals surface area (Å²) in [5.74, 6) is 1.12. The highest BCUT2D eigenvalue weighted by Crippen LogP contribution is 2.41. The van der Waals surface area contributed by atoms with Crippen molar-refractivity contribution >= 4 is 11.8 Å². The second kappa shape index (κ2) is 12.4. The number of furan rings is 1. The smallest absolute Gasteiger partial charge is 0.290 e. The quantitative estimate of drug-likeness (QED) is 0.388. The Morgan fingerprint density at radius 2 is 1.58 bits per heavy atom. The van der Waals surface area contributed by atoms with Gasteiger partial charge in [0.05, 0.1) is 41.2 Å². The third-order valence-corrected chi connectivity index (χ3v) is 6.79. The molecule has 38 heavy (non-hydrogen) atoms. The molecule has 1 N–H and O–H groups in total. The maximum absolute atomic E-state index is 14.0. The molecule has 1 atom stereocenters. The van der Waals surface area contributed by atoms with Crippen LogP contribution in [-0.4, -0.2) is 51.2 Å². The number of rotatable bonds is 11. The zero-order valence-corrected chi connectivity index (χ0v) is 22.2. The van der Waals surface area contributed by atoms with Gasteiger partial charge in [-0.2, -0.15) is 0 Å². The molecule has 1 aromatic heterocycles. The number of hydrogen-bond donors (Lipinski definition) is 1. The van der Waals surface area contributed by atoms with Gasteiger partial charge in [0.2, 0.25) is 11.7 Å². The average molecular weight is 523 g/mol. The molecule has 0 unspecified atom stereocenters. The van der Waals surface area contributed by atoms with Crippen molar-refractivity contribution in [3.05, 3.63) is 71.7 Å². The van der Waals surface area contributed by atoms with Crippen molar-refractivity contribution in [1.82, 2.24) is 10.2 Å². The van der Waals surface area contributed by atoms with Gasteiger partial charge in [-0.1, -0.05) is 31.0 Å². The number of nitrogens with one attached hydrogen (secondary N) is 1. The Morgan fingerprint density at radius 1 is 0.921 bits per heavy atom. The summed E-state index contributed by atoms with van der Waals surface area (Å²) in [4.78, 5) is 29.4.